The van der Waals surface area contributed by atoms with Crippen molar-refractivity contribution in [2.24, 2.45) is 11.8 Å². The number of esters is 1. The lowest BCUT2D eigenvalue weighted by Crippen LogP contribution is -2.45. The summed E-state index contributed by atoms with van der Waals surface area (Å²) in [5, 5.41) is 0.495. The Kier molecular flexibility index (Phi) is 5.81. The molecule has 0 aliphatic carbocycles. The summed E-state index contributed by atoms with van der Waals surface area (Å²) < 4.78 is 5.09. The van der Waals surface area contributed by atoms with E-state index in [4.69, 9.17) is 16.3 Å². The van der Waals surface area contributed by atoms with Gasteiger partial charge in [0.05, 0.1) is 29.2 Å². The van der Waals surface area contributed by atoms with Crippen LogP contribution in [0.1, 0.15) is 26.2 Å². The van der Waals surface area contributed by atoms with Crippen LogP contribution in [0.4, 0.5) is 5.69 Å². The van der Waals surface area contributed by atoms with E-state index in [1.54, 1.807) is 34.9 Å². The molecule has 0 aromatic heterocycles. The monoisotopic (exact) mass is 378 g/mol. The highest BCUT2D eigenvalue weighted by atomic mass is 35.5. The summed E-state index contributed by atoms with van der Waals surface area (Å²) in [6, 6.07) is 7.13. The van der Waals surface area contributed by atoms with Gasteiger partial charge in [0, 0.05) is 26.1 Å². The number of carbonyl (C=O) groups excluding carboxylic acids is 3. The first-order chi connectivity index (χ1) is 12.5. The van der Waals surface area contributed by atoms with Crippen LogP contribution < -0.4 is 4.90 Å². The Morgan fingerprint density at radius 3 is 2.73 bits per heavy atom. The number of carbonyl (C=O) groups is 3. The van der Waals surface area contributed by atoms with Gasteiger partial charge in [0.25, 0.3) is 0 Å². The first kappa shape index (κ1) is 18.7. The molecule has 2 saturated heterocycles. The van der Waals surface area contributed by atoms with Gasteiger partial charge < -0.3 is 14.5 Å². The van der Waals surface area contributed by atoms with E-state index in [0.717, 1.165) is 12.8 Å². The minimum Gasteiger partial charge on any atom is -0.466 e. The number of piperidine rings is 1. The molecule has 2 aliphatic heterocycles. The molecule has 26 heavy (non-hydrogen) atoms. The zero-order valence-electron chi connectivity index (χ0n) is 14.8. The summed E-state index contributed by atoms with van der Waals surface area (Å²) >= 11 is 6.19. The van der Waals surface area contributed by atoms with Crippen LogP contribution in [0.3, 0.4) is 0 Å². The van der Waals surface area contributed by atoms with Crippen LogP contribution in [0.2, 0.25) is 5.02 Å². The fraction of sp³-hybridized carbons (Fsp3) is 0.526. The summed E-state index contributed by atoms with van der Waals surface area (Å²) in [5.41, 5.74) is 0.637. The number of amides is 2. The second-order valence-electron chi connectivity index (χ2n) is 6.73. The Bertz CT molecular complexity index is 709. The molecule has 3 rings (SSSR count). The minimum atomic E-state index is -0.403. The van der Waals surface area contributed by atoms with Crippen molar-refractivity contribution in [3.05, 3.63) is 29.3 Å². The Labute approximate surface area is 158 Å². The lowest BCUT2D eigenvalue weighted by Gasteiger charge is -2.33. The van der Waals surface area contributed by atoms with Crippen molar-refractivity contribution in [2.45, 2.75) is 26.2 Å². The van der Waals surface area contributed by atoms with Crippen LogP contribution in [-0.2, 0) is 19.1 Å². The predicted octanol–water partition coefficient (Wildman–Crippen LogP) is 2.49. The number of anilines is 1. The van der Waals surface area contributed by atoms with Crippen LogP contribution in [0, 0.1) is 11.8 Å². The molecule has 0 spiro atoms. The quantitative estimate of drug-likeness (QED) is 0.755. The van der Waals surface area contributed by atoms with Gasteiger partial charge in [-0.3, -0.25) is 14.4 Å². The molecule has 2 amide bonds. The molecule has 140 valence electrons. The molecule has 2 atom stereocenters. The van der Waals surface area contributed by atoms with E-state index in [1.807, 2.05) is 6.07 Å². The predicted molar refractivity (Wildman–Crippen MR) is 97.8 cm³/mol. The summed E-state index contributed by atoms with van der Waals surface area (Å²) in [6.45, 7) is 3.42. The summed E-state index contributed by atoms with van der Waals surface area (Å²) in [7, 11) is 0. The summed E-state index contributed by atoms with van der Waals surface area (Å²) in [6.07, 6.45) is 1.67. The third kappa shape index (κ3) is 3.85. The number of hydrogen-bond acceptors (Lipinski definition) is 4. The Morgan fingerprint density at radius 1 is 1.23 bits per heavy atom. The Hall–Kier alpha value is -2.08. The lowest BCUT2D eigenvalue weighted by molar-refractivity contribution is -0.152. The van der Waals surface area contributed by atoms with Crippen molar-refractivity contribution in [3.8, 4) is 0 Å². The van der Waals surface area contributed by atoms with E-state index in [2.05, 4.69) is 0 Å². The van der Waals surface area contributed by atoms with E-state index in [0.29, 0.717) is 37.0 Å². The first-order valence-corrected chi connectivity index (χ1v) is 9.39. The highest BCUT2D eigenvalue weighted by molar-refractivity contribution is 6.33. The van der Waals surface area contributed by atoms with Crippen molar-refractivity contribution in [1.82, 2.24) is 4.90 Å². The third-order valence-electron chi connectivity index (χ3n) is 4.97. The van der Waals surface area contributed by atoms with Crippen molar-refractivity contribution >= 4 is 35.1 Å². The standard InChI is InChI=1S/C19H23ClN2O4/c1-2-26-19(25)13-6-5-9-21(11-13)18(24)14-10-17(23)22(12-14)16-8-4-3-7-15(16)20/h3-4,7-8,13-14H,2,5-6,9-12H2,1H3/t13-,14-/m1/s1. The van der Waals surface area contributed by atoms with Gasteiger partial charge in [-0.2, -0.15) is 0 Å². The zero-order valence-corrected chi connectivity index (χ0v) is 15.6. The number of benzene rings is 1. The van der Waals surface area contributed by atoms with Crippen molar-refractivity contribution < 1.29 is 19.1 Å². The SMILES string of the molecule is CCOC(=O)[C@@H]1CCCN(C(=O)[C@@H]2CC(=O)N(c3ccccc3Cl)C2)C1. The molecule has 2 aliphatic rings. The molecule has 0 radical (unpaired) electrons. The maximum atomic E-state index is 12.9. The molecular formula is C19H23ClN2O4. The first-order valence-electron chi connectivity index (χ1n) is 9.01. The summed E-state index contributed by atoms with van der Waals surface area (Å²) in [5.74, 6) is -1.09. The minimum absolute atomic E-state index is 0.0677. The van der Waals surface area contributed by atoms with E-state index >= 15 is 0 Å². The highest BCUT2D eigenvalue weighted by Crippen LogP contribution is 2.32. The molecule has 7 heteroatoms. The van der Waals surface area contributed by atoms with E-state index in [-0.39, 0.29) is 30.1 Å². The van der Waals surface area contributed by atoms with Crippen molar-refractivity contribution in [3.63, 3.8) is 0 Å². The highest BCUT2D eigenvalue weighted by Gasteiger charge is 2.39. The molecule has 1 aromatic rings. The van der Waals surface area contributed by atoms with Crippen molar-refractivity contribution in [2.75, 3.05) is 31.1 Å². The van der Waals surface area contributed by atoms with Gasteiger partial charge in [0.1, 0.15) is 0 Å². The van der Waals surface area contributed by atoms with Crippen LogP contribution in [0.15, 0.2) is 24.3 Å². The average Bonchev–Trinajstić information content (AvgIpc) is 3.03. The van der Waals surface area contributed by atoms with Gasteiger partial charge in [-0.05, 0) is 31.9 Å². The number of para-hydroxylation sites is 1. The van der Waals surface area contributed by atoms with Gasteiger partial charge in [-0.1, -0.05) is 23.7 Å². The third-order valence-corrected chi connectivity index (χ3v) is 5.29. The largest absolute Gasteiger partial charge is 0.466 e. The van der Waals surface area contributed by atoms with Gasteiger partial charge in [0.15, 0.2) is 0 Å². The maximum Gasteiger partial charge on any atom is 0.310 e. The van der Waals surface area contributed by atoms with E-state index < -0.39 is 5.92 Å². The van der Waals surface area contributed by atoms with Gasteiger partial charge in [0.2, 0.25) is 11.8 Å². The molecule has 1 aromatic carbocycles. The van der Waals surface area contributed by atoms with Gasteiger partial charge in [-0.15, -0.1) is 0 Å². The average molecular weight is 379 g/mol. The van der Waals surface area contributed by atoms with E-state index in [1.165, 1.54) is 0 Å². The second kappa shape index (κ2) is 8.08. The molecule has 2 fully saturated rings. The smallest absolute Gasteiger partial charge is 0.310 e. The molecule has 2 heterocycles. The molecule has 0 unspecified atom stereocenters. The number of halogens is 1. The van der Waals surface area contributed by atoms with Gasteiger partial charge in [-0.25, -0.2) is 0 Å². The molecule has 0 N–H and O–H groups in total. The van der Waals surface area contributed by atoms with Gasteiger partial charge >= 0.3 is 5.97 Å². The summed E-state index contributed by atoms with van der Waals surface area (Å²) in [4.78, 5) is 40.6. The molecule has 0 bridgehead atoms. The zero-order chi connectivity index (χ0) is 18.7. The Morgan fingerprint density at radius 2 is 2.00 bits per heavy atom. The fourth-order valence-corrected chi connectivity index (χ4v) is 3.90. The Balaban J connectivity index is 1.66. The van der Waals surface area contributed by atoms with Crippen LogP contribution in [0.5, 0.6) is 0 Å². The molecule has 6 nitrogen and oxygen atoms in total. The fourth-order valence-electron chi connectivity index (χ4n) is 3.66. The number of nitrogens with zero attached hydrogens (tertiary/aromatic N) is 2. The number of hydrogen-bond donors (Lipinski definition) is 0. The molecule has 0 saturated carbocycles. The molecular weight excluding hydrogens is 356 g/mol. The maximum absolute atomic E-state index is 12.9. The number of ether oxygens (including phenoxy) is 1. The lowest BCUT2D eigenvalue weighted by atomic mass is 9.96. The number of likely N-dealkylation sites (tertiary alicyclic amines) is 1. The van der Waals surface area contributed by atoms with E-state index in [9.17, 15) is 14.4 Å². The second-order valence-corrected chi connectivity index (χ2v) is 7.14. The normalized spacial score (nSPS) is 23.2. The van der Waals surface area contributed by atoms with Crippen LogP contribution in [-0.4, -0.2) is 48.9 Å². The van der Waals surface area contributed by atoms with Crippen molar-refractivity contribution in [1.29, 1.82) is 0 Å². The van der Waals surface area contributed by atoms with Crippen LogP contribution >= 0.6 is 11.6 Å². The van der Waals surface area contributed by atoms with Crippen LogP contribution in [0.25, 0.3) is 0 Å². The topological polar surface area (TPSA) is 66.9 Å². The number of rotatable bonds is 4.